The monoisotopic (exact) mass is 519 g/mol. The lowest BCUT2D eigenvalue weighted by Gasteiger charge is -2.18. The van der Waals surface area contributed by atoms with E-state index in [2.05, 4.69) is 45.3 Å². The zero-order valence-corrected chi connectivity index (χ0v) is 21.7. The SMILES string of the molecule is C#Cc1cc(Nc2ncnc3cc(OC4CCOC4)c(NC(=O)C=CCN(CC)CC)cc23)ccc1Cl. The van der Waals surface area contributed by atoms with Crippen molar-refractivity contribution in [3.63, 3.8) is 0 Å². The van der Waals surface area contributed by atoms with E-state index < -0.39 is 0 Å². The normalized spacial score (nSPS) is 15.3. The van der Waals surface area contributed by atoms with Crippen molar-refractivity contribution in [2.45, 2.75) is 26.4 Å². The van der Waals surface area contributed by atoms with Crippen LogP contribution in [0.3, 0.4) is 0 Å². The van der Waals surface area contributed by atoms with Gasteiger partial charge in [-0.3, -0.25) is 4.79 Å². The van der Waals surface area contributed by atoms with Gasteiger partial charge in [-0.2, -0.15) is 0 Å². The standard InChI is InChI=1S/C28H30ClN5O3/c1-4-19-14-20(9-10-23(19)29)32-28-22-15-25(33-27(35)8-7-12-34(5-2)6-3)26(16-24(22)30-18-31-28)37-21-11-13-36-17-21/h1,7-10,14-16,18,21H,5-6,11-13,17H2,2-3H3,(H,33,35)(H,30,31,32). The van der Waals surface area contributed by atoms with E-state index in [4.69, 9.17) is 27.5 Å². The molecule has 1 aromatic heterocycles. The molecule has 1 fully saturated rings. The van der Waals surface area contributed by atoms with E-state index in [0.29, 0.717) is 58.5 Å². The first-order chi connectivity index (χ1) is 18.0. The van der Waals surface area contributed by atoms with Gasteiger partial charge in [0.1, 0.15) is 24.0 Å². The first-order valence-corrected chi connectivity index (χ1v) is 12.6. The number of terminal acetylenes is 1. The number of likely N-dealkylation sites (N-methyl/N-ethyl adjacent to an activating group) is 1. The second-order valence-corrected chi connectivity index (χ2v) is 8.94. The second-order valence-electron chi connectivity index (χ2n) is 8.53. The van der Waals surface area contributed by atoms with Crippen molar-refractivity contribution in [2.24, 2.45) is 0 Å². The molecule has 9 heteroatoms. The fourth-order valence-electron chi connectivity index (χ4n) is 3.98. The number of carbonyl (C=O) groups excluding carboxylic acids is 1. The van der Waals surface area contributed by atoms with Gasteiger partial charge in [0.2, 0.25) is 5.91 Å². The summed E-state index contributed by atoms with van der Waals surface area (Å²) >= 11 is 6.15. The number of aromatic nitrogens is 2. The van der Waals surface area contributed by atoms with Gasteiger partial charge in [0.05, 0.1) is 29.4 Å². The number of nitrogens with zero attached hydrogens (tertiary/aromatic N) is 3. The molecular formula is C28H30ClN5O3. The summed E-state index contributed by atoms with van der Waals surface area (Å²) in [6.45, 7) is 7.86. The topological polar surface area (TPSA) is 88.6 Å². The number of carbonyl (C=O) groups is 1. The lowest BCUT2D eigenvalue weighted by Crippen LogP contribution is -2.23. The summed E-state index contributed by atoms with van der Waals surface area (Å²) in [6.07, 6.45) is 11.1. The Bertz CT molecular complexity index is 1330. The molecule has 1 unspecified atom stereocenters. The maximum absolute atomic E-state index is 12.8. The molecule has 8 nitrogen and oxygen atoms in total. The minimum absolute atomic E-state index is 0.0954. The van der Waals surface area contributed by atoms with Crippen molar-refractivity contribution < 1.29 is 14.3 Å². The third-order valence-electron chi connectivity index (χ3n) is 6.09. The molecular weight excluding hydrogens is 490 g/mol. The largest absolute Gasteiger partial charge is 0.486 e. The molecule has 2 heterocycles. The van der Waals surface area contributed by atoms with Crippen LogP contribution in [0.5, 0.6) is 5.75 Å². The molecule has 1 aliphatic rings. The van der Waals surface area contributed by atoms with Gasteiger partial charge in [-0.25, -0.2) is 9.97 Å². The van der Waals surface area contributed by atoms with Crippen molar-refractivity contribution in [2.75, 3.05) is 43.5 Å². The first-order valence-electron chi connectivity index (χ1n) is 12.3. The van der Waals surface area contributed by atoms with E-state index in [9.17, 15) is 4.79 Å². The lowest BCUT2D eigenvalue weighted by atomic mass is 10.1. The number of amides is 1. The van der Waals surface area contributed by atoms with Gasteiger partial charge >= 0.3 is 0 Å². The molecule has 2 aromatic carbocycles. The fraction of sp³-hybridized carbons (Fsp3) is 0.321. The molecule has 3 aromatic rings. The van der Waals surface area contributed by atoms with E-state index in [1.807, 2.05) is 24.3 Å². The molecule has 0 radical (unpaired) electrons. The zero-order chi connectivity index (χ0) is 26.2. The summed E-state index contributed by atoms with van der Waals surface area (Å²) in [5, 5.41) is 7.45. The maximum Gasteiger partial charge on any atom is 0.248 e. The Morgan fingerprint density at radius 2 is 2.14 bits per heavy atom. The van der Waals surface area contributed by atoms with Crippen LogP contribution >= 0.6 is 11.6 Å². The van der Waals surface area contributed by atoms with Gasteiger partial charge in [0, 0.05) is 41.7 Å². The molecule has 0 aliphatic carbocycles. The van der Waals surface area contributed by atoms with Crippen LogP contribution in [-0.2, 0) is 9.53 Å². The van der Waals surface area contributed by atoms with Crippen LogP contribution in [0.1, 0.15) is 25.8 Å². The highest BCUT2D eigenvalue weighted by Crippen LogP contribution is 2.35. The second kappa shape index (κ2) is 12.5. The number of fused-ring (bicyclic) bond motifs is 1. The number of anilines is 3. The third kappa shape index (κ3) is 6.77. The van der Waals surface area contributed by atoms with Gasteiger partial charge in [-0.05, 0) is 37.4 Å². The van der Waals surface area contributed by atoms with E-state index >= 15 is 0 Å². The Kier molecular flexibility index (Phi) is 8.96. The number of benzene rings is 2. The van der Waals surface area contributed by atoms with Gasteiger partial charge in [-0.1, -0.05) is 37.4 Å². The quantitative estimate of drug-likeness (QED) is 0.287. The number of halogens is 1. The molecule has 192 valence electrons. The predicted octanol–water partition coefficient (Wildman–Crippen LogP) is 5.01. The summed E-state index contributed by atoms with van der Waals surface area (Å²) in [7, 11) is 0. The zero-order valence-electron chi connectivity index (χ0n) is 21.0. The minimum atomic E-state index is -0.248. The average molecular weight is 520 g/mol. The van der Waals surface area contributed by atoms with Crippen LogP contribution in [0, 0.1) is 12.3 Å². The summed E-state index contributed by atoms with van der Waals surface area (Å²) in [5.74, 6) is 3.41. The van der Waals surface area contributed by atoms with Crippen LogP contribution < -0.4 is 15.4 Å². The lowest BCUT2D eigenvalue weighted by molar-refractivity contribution is -0.111. The Labute approximate surface area is 222 Å². The molecule has 1 saturated heterocycles. The first kappa shape index (κ1) is 26.4. The third-order valence-corrected chi connectivity index (χ3v) is 6.42. The van der Waals surface area contributed by atoms with Gasteiger partial charge < -0.3 is 25.0 Å². The Morgan fingerprint density at radius 3 is 2.86 bits per heavy atom. The van der Waals surface area contributed by atoms with Gasteiger partial charge in [-0.15, -0.1) is 6.42 Å². The summed E-state index contributed by atoms with van der Waals surface area (Å²) < 4.78 is 11.7. The van der Waals surface area contributed by atoms with E-state index in [1.54, 1.807) is 18.2 Å². The summed E-state index contributed by atoms with van der Waals surface area (Å²) in [4.78, 5) is 23.9. The molecule has 1 amide bonds. The van der Waals surface area contributed by atoms with E-state index in [-0.39, 0.29) is 12.0 Å². The van der Waals surface area contributed by atoms with E-state index in [0.717, 1.165) is 25.2 Å². The number of rotatable bonds is 10. The smallest absolute Gasteiger partial charge is 0.248 e. The average Bonchev–Trinajstić information content (AvgIpc) is 3.41. The van der Waals surface area contributed by atoms with Crippen LogP contribution in [0.25, 0.3) is 10.9 Å². The molecule has 0 saturated carbocycles. The minimum Gasteiger partial charge on any atom is -0.486 e. The molecule has 2 N–H and O–H groups in total. The summed E-state index contributed by atoms with van der Waals surface area (Å²) in [6, 6.07) is 8.95. The van der Waals surface area contributed by atoms with E-state index in [1.165, 1.54) is 6.33 Å². The number of ether oxygens (including phenoxy) is 2. The number of nitrogens with one attached hydrogen (secondary N) is 2. The maximum atomic E-state index is 12.8. The van der Waals surface area contributed by atoms with Crippen molar-refractivity contribution in [3.8, 4) is 18.1 Å². The van der Waals surface area contributed by atoms with Crippen molar-refractivity contribution in [1.29, 1.82) is 0 Å². The molecule has 4 rings (SSSR count). The van der Waals surface area contributed by atoms with Crippen LogP contribution in [-0.4, -0.2) is 59.7 Å². The highest BCUT2D eigenvalue weighted by Gasteiger charge is 2.21. The van der Waals surface area contributed by atoms with Crippen LogP contribution in [0.2, 0.25) is 5.02 Å². The molecule has 37 heavy (non-hydrogen) atoms. The highest BCUT2D eigenvalue weighted by molar-refractivity contribution is 6.31. The molecule has 0 spiro atoms. The van der Waals surface area contributed by atoms with Crippen molar-refractivity contribution in [1.82, 2.24) is 14.9 Å². The van der Waals surface area contributed by atoms with Crippen LogP contribution in [0.4, 0.5) is 17.2 Å². The van der Waals surface area contributed by atoms with Gasteiger partial charge in [0.25, 0.3) is 0 Å². The van der Waals surface area contributed by atoms with Gasteiger partial charge in [0.15, 0.2) is 0 Å². The number of hydrogen-bond acceptors (Lipinski definition) is 7. The molecule has 0 bridgehead atoms. The predicted molar refractivity (Wildman–Crippen MR) is 148 cm³/mol. The fourth-order valence-corrected chi connectivity index (χ4v) is 4.15. The molecule has 1 aliphatic heterocycles. The van der Waals surface area contributed by atoms with Crippen molar-refractivity contribution >= 4 is 45.6 Å². The Hall–Kier alpha value is -3.64. The van der Waals surface area contributed by atoms with Crippen molar-refractivity contribution in [3.05, 3.63) is 59.4 Å². The highest BCUT2D eigenvalue weighted by atomic mass is 35.5. The van der Waals surface area contributed by atoms with Crippen LogP contribution in [0.15, 0.2) is 48.8 Å². The Balaban J connectivity index is 1.65. The number of hydrogen-bond donors (Lipinski definition) is 2. The Morgan fingerprint density at radius 1 is 1.30 bits per heavy atom. The summed E-state index contributed by atoms with van der Waals surface area (Å²) in [5.41, 5.74) is 2.48. The molecule has 1 atom stereocenters.